The van der Waals surface area contributed by atoms with Gasteiger partial charge in [-0.2, -0.15) is 8.42 Å². The summed E-state index contributed by atoms with van der Waals surface area (Å²) >= 11 is 2.84. The van der Waals surface area contributed by atoms with Gasteiger partial charge >= 0.3 is 0 Å². The normalized spacial score (nSPS) is 11.4. The zero-order valence-electron chi connectivity index (χ0n) is 6.59. The Balaban J connectivity index is 3.22. The Morgan fingerprint density at radius 1 is 1.29 bits per heavy atom. The molecular formula is C6H5BrF2N2O2S. The summed E-state index contributed by atoms with van der Waals surface area (Å²) in [6.45, 7) is 0. The number of halogens is 3. The predicted molar refractivity (Wildman–Crippen MR) is 50.8 cm³/mol. The maximum absolute atomic E-state index is 13.0. The summed E-state index contributed by atoms with van der Waals surface area (Å²) in [5.74, 6) is -2.10. The van der Waals surface area contributed by atoms with Crippen LogP contribution in [0.25, 0.3) is 0 Å². The molecule has 0 aromatic heterocycles. The van der Waals surface area contributed by atoms with Crippen molar-refractivity contribution >= 4 is 31.8 Å². The van der Waals surface area contributed by atoms with Gasteiger partial charge in [-0.3, -0.25) is 4.72 Å². The lowest BCUT2D eigenvalue weighted by Gasteiger charge is -2.06. The van der Waals surface area contributed by atoms with Crippen LogP contribution in [0.1, 0.15) is 0 Å². The van der Waals surface area contributed by atoms with Gasteiger partial charge in [0, 0.05) is 4.47 Å². The summed E-state index contributed by atoms with van der Waals surface area (Å²) in [4.78, 5) is 0. The molecule has 14 heavy (non-hydrogen) atoms. The number of rotatable bonds is 2. The zero-order valence-corrected chi connectivity index (χ0v) is 8.99. The van der Waals surface area contributed by atoms with Gasteiger partial charge in [0.15, 0.2) is 11.6 Å². The lowest BCUT2D eigenvalue weighted by molar-refractivity contribution is 0.582. The van der Waals surface area contributed by atoms with Crippen LogP contribution in [0.4, 0.5) is 14.5 Å². The molecule has 0 atom stereocenters. The molecule has 0 spiro atoms. The molecule has 0 fully saturated rings. The summed E-state index contributed by atoms with van der Waals surface area (Å²) < 4.78 is 48.7. The van der Waals surface area contributed by atoms with E-state index in [2.05, 4.69) is 21.1 Å². The SMILES string of the molecule is NS(=O)(=O)Nc1c(F)cc(Br)cc1F. The fourth-order valence-corrected chi connectivity index (χ4v) is 1.66. The minimum absolute atomic E-state index is 0.160. The van der Waals surface area contributed by atoms with Gasteiger partial charge in [0.05, 0.1) is 0 Å². The zero-order chi connectivity index (χ0) is 10.9. The van der Waals surface area contributed by atoms with E-state index in [9.17, 15) is 17.2 Å². The summed E-state index contributed by atoms with van der Waals surface area (Å²) in [5, 5.41) is 4.56. The van der Waals surface area contributed by atoms with Crippen molar-refractivity contribution in [1.82, 2.24) is 0 Å². The van der Waals surface area contributed by atoms with E-state index in [0.29, 0.717) is 0 Å². The first kappa shape index (κ1) is 11.3. The van der Waals surface area contributed by atoms with Crippen LogP contribution in [-0.4, -0.2) is 8.42 Å². The standard InChI is InChI=1S/C6H5BrF2N2O2S/c7-3-1-4(8)6(5(9)2-3)11-14(10,12)13/h1-2,11H,(H2,10,12,13). The second kappa shape index (κ2) is 3.79. The van der Waals surface area contributed by atoms with Crippen molar-refractivity contribution in [2.75, 3.05) is 4.72 Å². The van der Waals surface area contributed by atoms with E-state index in [1.165, 1.54) is 4.72 Å². The minimum Gasteiger partial charge on any atom is -0.265 e. The molecule has 0 unspecified atom stereocenters. The number of nitrogens with two attached hydrogens (primary N) is 1. The first-order valence-corrected chi connectivity index (χ1v) is 5.58. The van der Waals surface area contributed by atoms with E-state index < -0.39 is 27.5 Å². The molecule has 0 bridgehead atoms. The second-order valence-electron chi connectivity index (χ2n) is 2.39. The number of hydrogen-bond acceptors (Lipinski definition) is 2. The van der Waals surface area contributed by atoms with E-state index >= 15 is 0 Å². The third kappa shape index (κ3) is 2.89. The van der Waals surface area contributed by atoms with Crippen LogP contribution in [0.3, 0.4) is 0 Å². The van der Waals surface area contributed by atoms with Crippen molar-refractivity contribution in [1.29, 1.82) is 0 Å². The van der Waals surface area contributed by atoms with Gasteiger partial charge in [-0.15, -0.1) is 0 Å². The van der Waals surface area contributed by atoms with Crippen molar-refractivity contribution in [3.63, 3.8) is 0 Å². The van der Waals surface area contributed by atoms with Crippen molar-refractivity contribution in [2.24, 2.45) is 5.14 Å². The summed E-state index contributed by atoms with van der Waals surface area (Å²) in [7, 11) is -4.18. The molecule has 0 aliphatic rings. The molecule has 0 heterocycles. The third-order valence-corrected chi connectivity index (χ3v) is 2.20. The molecule has 0 aliphatic heterocycles. The Kier molecular flexibility index (Phi) is 3.07. The molecule has 1 aromatic rings. The highest BCUT2D eigenvalue weighted by Gasteiger charge is 2.14. The molecule has 0 aliphatic carbocycles. The van der Waals surface area contributed by atoms with Gasteiger partial charge < -0.3 is 0 Å². The van der Waals surface area contributed by atoms with Crippen LogP contribution in [0.5, 0.6) is 0 Å². The van der Waals surface area contributed by atoms with Gasteiger partial charge in [-0.05, 0) is 12.1 Å². The van der Waals surface area contributed by atoms with Crippen molar-refractivity contribution in [3.8, 4) is 0 Å². The molecule has 0 amide bonds. The fourth-order valence-electron chi connectivity index (χ4n) is 0.782. The van der Waals surface area contributed by atoms with Gasteiger partial charge in [0.2, 0.25) is 0 Å². The summed E-state index contributed by atoms with van der Waals surface area (Å²) in [5.41, 5.74) is -0.796. The van der Waals surface area contributed by atoms with Crippen LogP contribution in [0.2, 0.25) is 0 Å². The van der Waals surface area contributed by atoms with Gasteiger partial charge in [-0.25, -0.2) is 13.9 Å². The van der Waals surface area contributed by atoms with Gasteiger partial charge in [0.1, 0.15) is 5.69 Å². The van der Waals surface area contributed by atoms with E-state index in [-0.39, 0.29) is 4.47 Å². The van der Waals surface area contributed by atoms with Crippen LogP contribution < -0.4 is 9.86 Å². The van der Waals surface area contributed by atoms with E-state index in [4.69, 9.17) is 0 Å². The number of hydrogen-bond donors (Lipinski definition) is 2. The lowest BCUT2D eigenvalue weighted by atomic mass is 10.3. The molecule has 0 radical (unpaired) electrons. The van der Waals surface area contributed by atoms with Gasteiger partial charge in [-0.1, -0.05) is 15.9 Å². The monoisotopic (exact) mass is 286 g/mol. The molecule has 78 valence electrons. The third-order valence-electron chi connectivity index (χ3n) is 1.25. The van der Waals surface area contributed by atoms with Gasteiger partial charge in [0.25, 0.3) is 10.2 Å². The Morgan fingerprint density at radius 3 is 2.07 bits per heavy atom. The van der Waals surface area contributed by atoms with Crippen LogP contribution >= 0.6 is 15.9 Å². The highest BCUT2D eigenvalue weighted by molar-refractivity contribution is 9.10. The molecule has 4 nitrogen and oxygen atoms in total. The highest BCUT2D eigenvalue weighted by Crippen LogP contribution is 2.23. The van der Waals surface area contributed by atoms with Crippen molar-refractivity contribution < 1.29 is 17.2 Å². The van der Waals surface area contributed by atoms with Crippen molar-refractivity contribution in [3.05, 3.63) is 28.2 Å². The van der Waals surface area contributed by atoms with E-state index in [1.54, 1.807) is 0 Å². The van der Waals surface area contributed by atoms with Crippen molar-refractivity contribution in [2.45, 2.75) is 0 Å². The van der Waals surface area contributed by atoms with Crippen LogP contribution in [0, 0.1) is 11.6 Å². The molecular weight excluding hydrogens is 282 g/mol. The average molecular weight is 287 g/mol. The quantitative estimate of drug-likeness (QED) is 0.861. The molecule has 8 heteroatoms. The average Bonchev–Trinajstić information content (AvgIpc) is 1.95. The topological polar surface area (TPSA) is 72.2 Å². The Hall–Kier alpha value is -0.730. The molecule has 3 N–H and O–H groups in total. The Morgan fingerprint density at radius 2 is 1.71 bits per heavy atom. The van der Waals surface area contributed by atoms with E-state index in [1.807, 2.05) is 0 Å². The predicted octanol–water partition coefficient (Wildman–Crippen LogP) is 1.34. The maximum Gasteiger partial charge on any atom is 0.296 e. The largest absolute Gasteiger partial charge is 0.296 e. The molecule has 0 saturated carbocycles. The summed E-state index contributed by atoms with van der Waals surface area (Å²) in [6, 6.07) is 1.83. The minimum atomic E-state index is -4.18. The number of nitrogens with one attached hydrogen (secondary N) is 1. The second-order valence-corrected chi connectivity index (χ2v) is 4.60. The smallest absolute Gasteiger partial charge is 0.265 e. The fraction of sp³-hybridized carbons (Fsp3) is 0. The maximum atomic E-state index is 13.0. The molecule has 1 rings (SSSR count). The van der Waals surface area contributed by atoms with E-state index in [0.717, 1.165) is 12.1 Å². The number of benzene rings is 1. The Labute approximate surface area is 87.4 Å². The van der Waals surface area contributed by atoms with Crippen LogP contribution in [0.15, 0.2) is 16.6 Å². The Bertz CT molecular complexity index is 440. The lowest BCUT2D eigenvalue weighted by Crippen LogP contribution is -2.23. The van der Waals surface area contributed by atoms with Crippen LogP contribution in [-0.2, 0) is 10.2 Å². The molecule has 0 saturated heterocycles. The summed E-state index contributed by atoms with van der Waals surface area (Å²) in [6.07, 6.45) is 0. The molecule has 1 aromatic carbocycles. The highest BCUT2D eigenvalue weighted by atomic mass is 79.9. The first-order valence-electron chi connectivity index (χ1n) is 3.24. The first-order chi connectivity index (χ1) is 6.29. The number of anilines is 1.